The highest BCUT2D eigenvalue weighted by molar-refractivity contribution is 14.0. The maximum atomic E-state index is 4.84. The van der Waals surface area contributed by atoms with Gasteiger partial charge in [0.1, 0.15) is 5.82 Å². The van der Waals surface area contributed by atoms with Crippen LogP contribution in [0.1, 0.15) is 31.0 Å². The summed E-state index contributed by atoms with van der Waals surface area (Å²) in [6.45, 7) is 9.82. The standard InChI is InChI=1S/C22H32N6.HI/c1-4-23-22(26-18(2)19-9-6-5-7-10-19)25-17-20-11-8-12-24-21(20)28-15-13-27(3)14-16-28;/h5-12,18H,4,13-17H2,1-3H3,(H2,23,25,26);1H. The van der Waals surface area contributed by atoms with Crippen molar-refractivity contribution in [1.29, 1.82) is 0 Å². The average molecular weight is 508 g/mol. The van der Waals surface area contributed by atoms with E-state index >= 15 is 0 Å². The molecule has 6 nitrogen and oxygen atoms in total. The zero-order chi connectivity index (χ0) is 19.8. The molecule has 3 rings (SSSR count). The van der Waals surface area contributed by atoms with E-state index in [-0.39, 0.29) is 30.0 Å². The Morgan fingerprint density at radius 3 is 2.52 bits per heavy atom. The molecule has 2 N–H and O–H groups in total. The number of rotatable bonds is 6. The molecule has 29 heavy (non-hydrogen) atoms. The fourth-order valence-corrected chi connectivity index (χ4v) is 3.37. The van der Waals surface area contributed by atoms with E-state index in [0.29, 0.717) is 6.54 Å². The molecule has 0 spiro atoms. The normalized spacial score (nSPS) is 16.1. The van der Waals surface area contributed by atoms with Gasteiger partial charge >= 0.3 is 0 Å². The van der Waals surface area contributed by atoms with Crippen molar-refractivity contribution in [2.75, 3.05) is 44.7 Å². The zero-order valence-corrected chi connectivity index (χ0v) is 20.0. The molecular formula is C22H33IN6. The maximum absolute atomic E-state index is 4.84. The Bertz CT molecular complexity index is 759. The molecule has 2 heterocycles. The van der Waals surface area contributed by atoms with Crippen LogP contribution in [0.5, 0.6) is 0 Å². The first-order valence-electron chi connectivity index (χ1n) is 10.1. The molecule has 1 saturated heterocycles. The molecule has 1 aliphatic heterocycles. The van der Waals surface area contributed by atoms with Gasteiger partial charge in [0.2, 0.25) is 0 Å². The lowest BCUT2D eigenvalue weighted by Gasteiger charge is -2.34. The Balaban J connectivity index is 0.00000300. The van der Waals surface area contributed by atoms with Crippen LogP contribution in [0, 0.1) is 0 Å². The number of anilines is 1. The predicted molar refractivity (Wildman–Crippen MR) is 132 cm³/mol. The van der Waals surface area contributed by atoms with E-state index in [1.165, 1.54) is 5.56 Å². The number of piperazine rings is 1. The second kappa shape index (κ2) is 12.0. The molecule has 1 fully saturated rings. The van der Waals surface area contributed by atoms with Gasteiger partial charge in [0.25, 0.3) is 0 Å². The van der Waals surface area contributed by atoms with Gasteiger partial charge in [-0.15, -0.1) is 24.0 Å². The van der Waals surface area contributed by atoms with Gasteiger partial charge in [0.15, 0.2) is 5.96 Å². The van der Waals surface area contributed by atoms with Gasteiger partial charge in [-0.05, 0) is 32.5 Å². The lowest BCUT2D eigenvalue weighted by molar-refractivity contribution is 0.312. The fourth-order valence-electron chi connectivity index (χ4n) is 3.37. The molecule has 0 amide bonds. The van der Waals surface area contributed by atoms with E-state index in [1.807, 2.05) is 18.3 Å². The maximum Gasteiger partial charge on any atom is 0.192 e. The molecule has 158 valence electrons. The van der Waals surface area contributed by atoms with Crippen LogP contribution in [0.4, 0.5) is 5.82 Å². The van der Waals surface area contributed by atoms with E-state index < -0.39 is 0 Å². The molecule has 0 bridgehead atoms. The minimum atomic E-state index is 0. The number of aliphatic imine (C=N–C) groups is 1. The molecule has 7 heteroatoms. The van der Waals surface area contributed by atoms with Crippen LogP contribution in [0.3, 0.4) is 0 Å². The minimum absolute atomic E-state index is 0. The van der Waals surface area contributed by atoms with E-state index in [9.17, 15) is 0 Å². The summed E-state index contributed by atoms with van der Waals surface area (Å²) in [4.78, 5) is 14.2. The summed E-state index contributed by atoms with van der Waals surface area (Å²) < 4.78 is 0. The molecule has 1 atom stereocenters. The lowest BCUT2D eigenvalue weighted by atomic mass is 10.1. The molecule has 0 aliphatic carbocycles. The zero-order valence-electron chi connectivity index (χ0n) is 17.6. The summed E-state index contributed by atoms with van der Waals surface area (Å²) in [7, 11) is 2.17. The van der Waals surface area contributed by atoms with Crippen molar-refractivity contribution in [1.82, 2.24) is 20.5 Å². The minimum Gasteiger partial charge on any atom is -0.357 e. The van der Waals surface area contributed by atoms with Crippen molar-refractivity contribution in [3.05, 3.63) is 59.8 Å². The molecule has 1 unspecified atom stereocenters. The van der Waals surface area contributed by atoms with Gasteiger partial charge in [0, 0.05) is 44.5 Å². The van der Waals surface area contributed by atoms with Gasteiger partial charge in [-0.25, -0.2) is 9.98 Å². The number of aromatic nitrogens is 1. The Morgan fingerprint density at radius 1 is 1.10 bits per heavy atom. The Labute approximate surface area is 191 Å². The number of benzene rings is 1. The van der Waals surface area contributed by atoms with Crippen LogP contribution < -0.4 is 15.5 Å². The second-order valence-corrected chi connectivity index (χ2v) is 7.25. The summed E-state index contributed by atoms with van der Waals surface area (Å²) in [5.74, 6) is 1.89. The highest BCUT2D eigenvalue weighted by Crippen LogP contribution is 2.19. The number of hydrogen-bond acceptors (Lipinski definition) is 4. The quantitative estimate of drug-likeness (QED) is 0.357. The summed E-state index contributed by atoms with van der Waals surface area (Å²) in [6, 6.07) is 14.8. The smallest absolute Gasteiger partial charge is 0.192 e. The van der Waals surface area contributed by atoms with E-state index in [1.54, 1.807) is 0 Å². The van der Waals surface area contributed by atoms with Crippen molar-refractivity contribution < 1.29 is 0 Å². The first-order valence-corrected chi connectivity index (χ1v) is 10.1. The molecule has 1 aromatic heterocycles. The van der Waals surface area contributed by atoms with Gasteiger partial charge in [-0.1, -0.05) is 36.4 Å². The second-order valence-electron chi connectivity index (χ2n) is 7.25. The monoisotopic (exact) mass is 508 g/mol. The molecule has 1 aliphatic rings. The molecule has 0 saturated carbocycles. The van der Waals surface area contributed by atoms with Crippen molar-refractivity contribution in [3.8, 4) is 0 Å². The Morgan fingerprint density at radius 2 is 1.83 bits per heavy atom. The third kappa shape index (κ3) is 6.85. The lowest BCUT2D eigenvalue weighted by Crippen LogP contribution is -2.45. The van der Waals surface area contributed by atoms with Crippen LogP contribution in [-0.2, 0) is 6.54 Å². The molecular weight excluding hydrogens is 475 g/mol. The van der Waals surface area contributed by atoms with Gasteiger partial charge in [-0.2, -0.15) is 0 Å². The summed E-state index contributed by atoms with van der Waals surface area (Å²) in [6.07, 6.45) is 1.88. The highest BCUT2D eigenvalue weighted by atomic mass is 127. The van der Waals surface area contributed by atoms with Gasteiger partial charge in [0.05, 0.1) is 12.6 Å². The van der Waals surface area contributed by atoms with Gasteiger partial charge in [-0.3, -0.25) is 0 Å². The largest absolute Gasteiger partial charge is 0.357 e. The van der Waals surface area contributed by atoms with Crippen LogP contribution in [0.25, 0.3) is 0 Å². The van der Waals surface area contributed by atoms with Crippen LogP contribution >= 0.6 is 24.0 Å². The summed E-state index contributed by atoms with van der Waals surface area (Å²) in [5.41, 5.74) is 2.41. The third-order valence-corrected chi connectivity index (χ3v) is 5.07. The molecule has 2 aromatic rings. The predicted octanol–water partition coefficient (Wildman–Crippen LogP) is 3.27. The number of pyridine rings is 1. The van der Waals surface area contributed by atoms with E-state index in [2.05, 4.69) is 76.6 Å². The van der Waals surface area contributed by atoms with E-state index in [0.717, 1.165) is 50.1 Å². The molecule has 0 radical (unpaired) electrons. The number of halogens is 1. The van der Waals surface area contributed by atoms with Crippen LogP contribution in [0.15, 0.2) is 53.7 Å². The van der Waals surface area contributed by atoms with E-state index in [4.69, 9.17) is 4.99 Å². The Kier molecular flexibility index (Phi) is 9.66. The fraction of sp³-hybridized carbons (Fsp3) is 0.455. The van der Waals surface area contributed by atoms with Crippen LogP contribution in [0.2, 0.25) is 0 Å². The van der Waals surface area contributed by atoms with Crippen molar-refractivity contribution in [2.45, 2.75) is 26.4 Å². The van der Waals surface area contributed by atoms with Crippen molar-refractivity contribution in [2.24, 2.45) is 4.99 Å². The highest BCUT2D eigenvalue weighted by Gasteiger charge is 2.18. The summed E-state index contributed by atoms with van der Waals surface area (Å²) >= 11 is 0. The Hall–Kier alpha value is -1.87. The van der Waals surface area contributed by atoms with Crippen molar-refractivity contribution >= 4 is 35.8 Å². The number of hydrogen-bond donors (Lipinski definition) is 2. The summed E-state index contributed by atoms with van der Waals surface area (Å²) in [5, 5.41) is 6.86. The average Bonchev–Trinajstić information content (AvgIpc) is 2.73. The first-order chi connectivity index (χ1) is 13.7. The van der Waals surface area contributed by atoms with Crippen molar-refractivity contribution in [3.63, 3.8) is 0 Å². The number of nitrogens with zero attached hydrogens (tertiary/aromatic N) is 4. The number of guanidine groups is 1. The topological polar surface area (TPSA) is 55.8 Å². The van der Waals surface area contributed by atoms with Crippen LogP contribution in [-0.4, -0.2) is 55.6 Å². The van der Waals surface area contributed by atoms with Gasteiger partial charge < -0.3 is 20.4 Å². The number of nitrogens with one attached hydrogen (secondary N) is 2. The third-order valence-electron chi connectivity index (χ3n) is 5.07. The first kappa shape index (κ1) is 23.4. The molecule has 1 aromatic carbocycles. The SMILES string of the molecule is CCNC(=NCc1cccnc1N1CCN(C)CC1)NC(C)c1ccccc1.I. The number of likely N-dealkylation sites (N-methyl/N-ethyl adjacent to an activating group) is 1.